The van der Waals surface area contributed by atoms with Gasteiger partial charge in [0.25, 0.3) is 5.65 Å². The van der Waals surface area contributed by atoms with Crippen LogP contribution in [-0.4, -0.2) is 42.5 Å². The Balaban J connectivity index is 0.000000129. The van der Waals surface area contributed by atoms with E-state index in [0.717, 1.165) is 84.6 Å². The van der Waals surface area contributed by atoms with Gasteiger partial charge in [0.1, 0.15) is 12.1 Å². The Morgan fingerprint density at radius 2 is 0.986 bits per heavy atom. The SMILES string of the molecule is CC(=O)C=C(C)O.C[Si](C)(C)c1cc(-c2[c-]cccc2)ncc1-c1ccccc1.Cc1cc2c3cccc4c3c3n(c2cc1C)c1cc(-c2c(C(C)C)cccc2C(C)C)ccc1[n+]3C4.Cc1cccnc1-c1[c-]cccc1.[Ir].[Pt+2].[Pt+4].[c-]1ccccc1-n1c2[c-]c(Oc3[c-]c4c(cc3)c3ccccc3n4-c3[c-]cccc3)ccc2c2ccccc21.[c-]1ccccc1N1[CH-]N(c2ccccc2)c2ccccc21. The normalized spacial score (nSPS) is 11.8. The Kier molecular flexibility index (Phi) is 31.2. The number of carbonyl (C=O) groups excluding carboxylic acids is 1. The summed E-state index contributed by atoms with van der Waals surface area (Å²) >= 11 is 0. The van der Waals surface area contributed by atoms with Crippen molar-refractivity contribution in [3.8, 4) is 67.6 Å². The van der Waals surface area contributed by atoms with Crippen molar-refractivity contribution in [3.63, 3.8) is 0 Å². The minimum absolute atomic E-state index is 0. The molecule has 1 radical (unpaired) electrons. The molecule has 0 saturated heterocycles. The summed E-state index contributed by atoms with van der Waals surface area (Å²) in [6.45, 7) is 28.8. The van der Waals surface area contributed by atoms with E-state index in [1.54, 1.807) is 0 Å². The molecule has 11 nitrogen and oxygen atoms in total. The van der Waals surface area contributed by atoms with Gasteiger partial charge in [-0.25, -0.2) is 4.57 Å². The quantitative estimate of drug-likeness (QED) is 0.0289. The van der Waals surface area contributed by atoms with Gasteiger partial charge in [-0.05, 0) is 186 Å². The Morgan fingerprint density at radius 3 is 1.52 bits per heavy atom. The number of para-hydroxylation sites is 8. The van der Waals surface area contributed by atoms with Gasteiger partial charge in [-0.3, -0.25) is 4.79 Å². The standard InChI is InChI=1S/C36H20N2O.C34H33N2.C20H20NSi.C19H14N2.C12H10N.C5H8O2.Ir.2Pt/c1-3-11-25(12-4-1)37-33-17-9-7-15-29(33)31-21-19-27(23-35(31)37)39-28-20-22-32-30-16-8-10-18-34(30)38(36(32)24-28)26-13-5-2-6-14-26;1-19(2)25-10-8-11-26(20(3)4)32(25)23-13-14-29-31(17-23)36-30-16-22(6)21(5)15-28(30)27-12-7-9-24-18-35(29)34(36)33(24)27;1-22(2,3)20-14-19(17-12-8-5-9-13-17)21-15-18(20)16-10-6-4-7-11-16;1-3-9-16(10-4-1)20-15-21(17-11-5-2-6-12-17)19-14-8-7-13-18(19)20;1-10-6-5-9-13-12(10)11-7-3-2-4-8-11;1-4(6)3-5(2)7;;;/h1-11,13,15-22H;7-17,19-20H,18H2,1-6H3;4-12,14-15H,1-3H3;1-11,13-15H;2-7,9H,1H3;3,6H,1-2H3;;;/q-4;+1;-1;-2;-1;;;+2;+4. The molecule has 8 heterocycles. The first-order valence-corrected chi connectivity index (χ1v) is 50.5. The minimum Gasteiger partial charge on any atom is -0.512 e. The Morgan fingerprint density at radius 1 is 0.468 bits per heavy atom. The van der Waals surface area contributed by atoms with E-state index in [9.17, 15) is 4.79 Å². The van der Waals surface area contributed by atoms with Gasteiger partial charge >= 0.3 is 42.1 Å². The average Bonchev–Trinajstić information content (AvgIpc) is 1.53. The largest absolute Gasteiger partial charge is 4.00 e. The third kappa shape index (κ3) is 20.9. The van der Waals surface area contributed by atoms with Crippen molar-refractivity contribution in [2.75, 3.05) is 9.80 Å². The number of rotatable bonds is 14. The number of ether oxygens (including phenoxy) is 1. The molecule has 0 aliphatic carbocycles. The number of benzene rings is 16. The molecule has 0 fully saturated rings. The molecule has 0 amide bonds. The molecule has 141 heavy (non-hydrogen) atoms. The molecule has 701 valence electrons. The molecule has 0 unspecified atom stereocenters. The van der Waals surface area contributed by atoms with Crippen LogP contribution in [0.15, 0.2) is 388 Å². The second-order valence-electron chi connectivity index (χ2n) is 36.6. The first-order valence-electron chi connectivity index (χ1n) is 47.0. The number of ketones is 1. The average molecular weight is 2390 g/mol. The number of anilines is 4. The third-order valence-corrected chi connectivity index (χ3v) is 27.5. The number of nitrogens with zero attached hydrogens (tertiary/aromatic N) is 8. The van der Waals surface area contributed by atoms with Gasteiger partial charge < -0.3 is 38.7 Å². The number of imidazole rings is 1. The molecule has 16 aromatic carbocycles. The molecule has 2 aliphatic rings. The van der Waals surface area contributed by atoms with Crippen LogP contribution in [-0.2, 0) is 73.6 Å². The van der Waals surface area contributed by atoms with E-state index in [-0.39, 0.29) is 73.8 Å². The van der Waals surface area contributed by atoms with Crippen molar-refractivity contribution in [3.05, 3.63) is 471 Å². The van der Waals surface area contributed by atoms with E-state index in [4.69, 9.17) is 14.8 Å². The van der Waals surface area contributed by atoms with Gasteiger partial charge in [-0.1, -0.05) is 226 Å². The van der Waals surface area contributed by atoms with Crippen molar-refractivity contribution in [1.82, 2.24) is 23.5 Å². The summed E-state index contributed by atoms with van der Waals surface area (Å²) in [5.74, 6) is 2.15. The molecule has 6 aromatic heterocycles. The van der Waals surface area contributed by atoms with Crippen LogP contribution in [0.25, 0.3) is 138 Å². The zero-order valence-electron chi connectivity index (χ0n) is 80.6. The van der Waals surface area contributed by atoms with Gasteiger partial charge in [-0.2, -0.15) is 95.4 Å². The van der Waals surface area contributed by atoms with Crippen molar-refractivity contribution < 1.29 is 81.4 Å². The van der Waals surface area contributed by atoms with Crippen LogP contribution < -0.4 is 24.3 Å². The van der Waals surface area contributed by atoms with Crippen LogP contribution in [0.2, 0.25) is 19.6 Å². The maximum absolute atomic E-state index is 10.0. The topological polar surface area (TPSA) is 96.9 Å². The minimum atomic E-state index is -1.48. The van der Waals surface area contributed by atoms with Gasteiger partial charge in [0.2, 0.25) is 0 Å². The number of carbonyl (C=O) groups is 1. The van der Waals surface area contributed by atoms with Crippen LogP contribution in [0.1, 0.15) is 86.8 Å². The van der Waals surface area contributed by atoms with Crippen LogP contribution in [0.4, 0.5) is 22.7 Å². The zero-order chi connectivity index (χ0) is 95.2. The van der Waals surface area contributed by atoms with Crippen LogP contribution in [0.3, 0.4) is 0 Å². The molecule has 2 aliphatic heterocycles. The van der Waals surface area contributed by atoms with E-state index in [2.05, 4.69) is 393 Å². The predicted octanol–water partition coefficient (Wildman–Crippen LogP) is 31.0. The fraction of sp³-hybridized carbons (Fsp3) is 0.119. The molecule has 22 aromatic rings. The molecule has 0 bridgehead atoms. The fourth-order valence-electron chi connectivity index (χ4n) is 19.0. The van der Waals surface area contributed by atoms with E-state index in [1.807, 2.05) is 134 Å². The number of aryl methyl sites for hydroxylation is 3. The van der Waals surface area contributed by atoms with Gasteiger partial charge in [0, 0.05) is 94.5 Å². The summed E-state index contributed by atoms with van der Waals surface area (Å²) in [5.41, 5.74) is 33.4. The van der Waals surface area contributed by atoms with Crippen molar-refractivity contribution in [2.24, 2.45) is 0 Å². The van der Waals surface area contributed by atoms with Gasteiger partial charge in [0.15, 0.2) is 16.8 Å². The summed E-state index contributed by atoms with van der Waals surface area (Å²) in [6, 6.07) is 150. The Hall–Kier alpha value is -14.3. The summed E-state index contributed by atoms with van der Waals surface area (Å²) in [4.78, 5) is 23.4. The zero-order valence-corrected chi connectivity index (χ0v) is 88.6. The van der Waals surface area contributed by atoms with Gasteiger partial charge in [0.05, 0.1) is 19.2 Å². The van der Waals surface area contributed by atoms with E-state index < -0.39 is 8.07 Å². The molecule has 24 rings (SSSR count). The van der Waals surface area contributed by atoms with Crippen molar-refractivity contribution >= 4 is 124 Å². The second-order valence-corrected chi connectivity index (χ2v) is 41.7. The summed E-state index contributed by atoms with van der Waals surface area (Å²) in [5, 5.41) is 18.5. The molecule has 0 spiro atoms. The summed E-state index contributed by atoms with van der Waals surface area (Å²) < 4.78 is 15.9. The number of aliphatic hydroxyl groups excluding tert-OH is 1. The summed E-state index contributed by atoms with van der Waals surface area (Å²) in [7, 11) is -1.48. The molecule has 15 heteroatoms. The number of pyridine rings is 3. The monoisotopic (exact) mass is 2390 g/mol. The number of fused-ring (bicyclic) bond motifs is 13. The predicted molar refractivity (Wildman–Crippen MR) is 573 cm³/mol. The van der Waals surface area contributed by atoms with E-state index in [0.29, 0.717) is 23.3 Å². The first kappa shape index (κ1) is 99.7. The molecular weight excluding hydrogens is 2280 g/mol. The first-order chi connectivity index (χ1) is 67.2. The second kappa shape index (κ2) is 44.1. The molecule has 0 saturated carbocycles. The Bertz CT molecular complexity index is 8010. The fourth-order valence-corrected chi connectivity index (χ4v) is 20.5. The van der Waals surface area contributed by atoms with Crippen LogP contribution in [0.5, 0.6) is 11.5 Å². The van der Waals surface area contributed by atoms with E-state index >= 15 is 0 Å². The Labute approximate surface area is 869 Å². The number of aliphatic hydroxyl groups is 1. The smallest absolute Gasteiger partial charge is 0.512 e. The van der Waals surface area contributed by atoms with E-state index in [1.165, 1.54) is 141 Å². The van der Waals surface area contributed by atoms with Crippen LogP contribution >= 0.6 is 0 Å². The van der Waals surface area contributed by atoms with Crippen molar-refractivity contribution in [2.45, 2.75) is 100 Å². The molecular formula is C126H105IrN8O3Pt2Si-. The maximum atomic E-state index is 10.0. The molecule has 1 N–H and O–H groups in total. The number of hydrogen-bond acceptors (Lipinski definition) is 7. The third-order valence-electron chi connectivity index (χ3n) is 25.5. The number of allylic oxidation sites excluding steroid dienone is 2. The summed E-state index contributed by atoms with van der Waals surface area (Å²) in [6.07, 6.45) is 5.00. The number of aromatic nitrogens is 6. The van der Waals surface area contributed by atoms with Crippen LogP contribution in [0, 0.1) is 69.9 Å². The maximum Gasteiger partial charge on any atom is 4.00 e. The van der Waals surface area contributed by atoms with Gasteiger partial charge in [-0.15, -0.1) is 131 Å². The number of hydrogen-bond donors (Lipinski definition) is 1. The van der Waals surface area contributed by atoms with Crippen molar-refractivity contribution in [1.29, 1.82) is 0 Å². The molecule has 0 atom stereocenters.